The number of aromatic nitrogens is 1. The van der Waals surface area contributed by atoms with Crippen LogP contribution in [0.1, 0.15) is 21.6 Å². The van der Waals surface area contributed by atoms with Crippen LogP contribution in [0, 0.1) is 0 Å². The third kappa shape index (κ3) is 6.06. The molecule has 1 aromatic heterocycles. The average molecular weight is 457 g/mol. The number of rotatable bonds is 5. The van der Waals surface area contributed by atoms with Crippen molar-refractivity contribution in [2.45, 2.75) is 12.6 Å². The zero-order chi connectivity index (χ0) is 21.0. The molecule has 0 saturated carbocycles. The maximum atomic E-state index is 12.8. The van der Waals surface area contributed by atoms with Gasteiger partial charge in [0.2, 0.25) is 5.91 Å². The van der Waals surface area contributed by atoms with Crippen LogP contribution in [-0.4, -0.2) is 10.9 Å². The maximum Gasteiger partial charge on any atom is 0.416 e. The van der Waals surface area contributed by atoms with E-state index in [9.17, 15) is 18.0 Å². The monoisotopic (exact) mass is 456 g/mol. The molecule has 150 valence electrons. The van der Waals surface area contributed by atoms with Crippen molar-refractivity contribution in [2.24, 2.45) is 0 Å². The molecule has 3 nitrogen and oxygen atoms in total. The van der Waals surface area contributed by atoms with Gasteiger partial charge in [0.25, 0.3) is 0 Å². The van der Waals surface area contributed by atoms with Gasteiger partial charge in [-0.15, -0.1) is 11.3 Å². The van der Waals surface area contributed by atoms with Crippen molar-refractivity contribution >= 4 is 51.7 Å². The molecule has 0 fully saturated rings. The number of nitrogens with zero attached hydrogens (tertiary/aromatic N) is 1. The highest BCUT2D eigenvalue weighted by molar-refractivity contribution is 7.15. The molecular formula is C20H13Cl2F3N2OS. The molecule has 0 radical (unpaired) electrons. The first kappa shape index (κ1) is 21.4. The molecule has 0 atom stereocenters. The molecule has 9 heteroatoms. The van der Waals surface area contributed by atoms with Gasteiger partial charge in [-0.05, 0) is 47.5 Å². The minimum absolute atomic E-state index is 0.0965. The number of hydrogen-bond acceptors (Lipinski definition) is 3. The van der Waals surface area contributed by atoms with Gasteiger partial charge in [-0.3, -0.25) is 10.1 Å². The van der Waals surface area contributed by atoms with E-state index < -0.39 is 17.6 Å². The molecular weight excluding hydrogens is 444 g/mol. The molecule has 0 aliphatic heterocycles. The van der Waals surface area contributed by atoms with Crippen LogP contribution < -0.4 is 5.32 Å². The molecule has 0 spiro atoms. The summed E-state index contributed by atoms with van der Waals surface area (Å²) in [6, 6.07) is 10.3. The van der Waals surface area contributed by atoms with Crippen LogP contribution in [0.2, 0.25) is 10.0 Å². The van der Waals surface area contributed by atoms with Gasteiger partial charge in [-0.1, -0.05) is 35.3 Å². The smallest absolute Gasteiger partial charge is 0.298 e. The van der Waals surface area contributed by atoms with Crippen LogP contribution in [0.15, 0.2) is 54.7 Å². The number of amides is 1. The van der Waals surface area contributed by atoms with Gasteiger partial charge in [-0.2, -0.15) is 13.2 Å². The van der Waals surface area contributed by atoms with E-state index in [1.807, 2.05) is 12.1 Å². The lowest BCUT2D eigenvalue weighted by molar-refractivity contribution is -0.137. The molecule has 29 heavy (non-hydrogen) atoms. The first-order valence-corrected chi connectivity index (χ1v) is 9.83. The van der Waals surface area contributed by atoms with Crippen molar-refractivity contribution in [1.29, 1.82) is 0 Å². The topological polar surface area (TPSA) is 42.0 Å². The Balaban J connectivity index is 1.64. The number of nitrogens with one attached hydrogen (secondary N) is 1. The Bertz CT molecular complexity index is 1050. The molecule has 0 saturated heterocycles. The van der Waals surface area contributed by atoms with Crippen LogP contribution in [0.5, 0.6) is 0 Å². The van der Waals surface area contributed by atoms with Crippen molar-refractivity contribution in [3.05, 3.63) is 86.4 Å². The van der Waals surface area contributed by atoms with Crippen molar-refractivity contribution in [3.8, 4) is 0 Å². The first-order chi connectivity index (χ1) is 13.7. The van der Waals surface area contributed by atoms with Crippen molar-refractivity contribution < 1.29 is 18.0 Å². The number of carbonyl (C=O) groups is 1. The summed E-state index contributed by atoms with van der Waals surface area (Å²) in [7, 11) is 0. The Kier molecular flexibility index (Phi) is 6.62. The van der Waals surface area contributed by atoms with Gasteiger partial charge in [0.1, 0.15) is 0 Å². The van der Waals surface area contributed by atoms with Gasteiger partial charge in [-0.25, -0.2) is 4.98 Å². The maximum absolute atomic E-state index is 12.8. The van der Waals surface area contributed by atoms with Gasteiger partial charge >= 0.3 is 6.18 Å². The number of halogens is 5. The fourth-order valence-electron chi connectivity index (χ4n) is 2.41. The number of alkyl halides is 3. The predicted molar refractivity (Wildman–Crippen MR) is 110 cm³/mol. The second-order valence-corrected chi connectivity index (χ2v) is 7.95. The second-order valence-electron chi connectivity index (χ2n) is 5.99. The van der Waals surface area contributed by atoms with Gasteiger partial charge in [0, 0.05) is 33.6 Å². The summed E-state index contributed by atoms with van der Waals surface area (Å²) < 4.78 is 38.4. The van der Waals surface area contributed by atoms with E-state index in [2.05, 4.69) is 10.3 Å². The van der Waals surface area contributed by atoms with Gasteiger partial charge < -0.3 is 0 Å². The molecule has 0 unspecified atom stereocenters. The summed E-state index contributed by atoms with van der Waals surface area (Å²) in [6.45, 7) is 0. The van der Waals surface area contributed by atoms with E-state index in [4.69, 9.17) is 23.2 Å². The molecule has 3 rings (SSSR count). The number of carbonyl (C=O) groups excluding carboxylic acids is 1. The minimum Gasteiger partial charge on any atom is -0.298 e. The molecule has 1 amide bonds. The summed E-state index contributed by atoms with van der Waals surface area (Å²) in [6.07, 6.45) is 0.149. The number of benzene rings is 2. The van der Waals surface area contributed by atoms with E-state index in [0.717, 1.165) is 34.7 Å². The van der Waals surface area contributed by atoms with Crippen LogP contribution in [0.3, 0.4) is 0 Å². The second kappa shape index (κ2) is 8.98. The van der Waals surface area contributed by atoms with Crippen LogP contribution in [0.4, 0.5) is 18.3 Å². The largest absolute Gasteiger partial charge is 0.416 e. The first-order valence-electron chi connectivity index (χ1n) is 8.25. The predicted octanol–water partition coefficient (Wildman–Crippen LogP) is 6.71. The molecule has 1 N–H and O–H groups in total. The Morgan fingerprint density at radius 3 is 2.55 bits per heavy atom. The van der Waals surface area contributed by atoms with Crippen molar-refractivity contribution in [2.75, 3.05) is 5.32 Å². The Labute approximate surface area is 178 Å². The summed E-state index contributed by atoms with van der Waals surface area (Å²) >= 11 is 13.1. The summed E-state index contributed by atoms with van der Waals surface area (Å²) in [5, 5.41) is 3.74. The summed E-state index contributed by atoms with van der Waals surface area (Å²) in [5.74, 6) is -0.522. The van der Waals surface area contributed by atoms with Gasteiger partial charge in [0.05, 0.1) is 5.56 Å². The van der Waals surface area contributed by atoms with Crippen LogP contribution >= 0.6 is 34.5 Å². The fraction of sp³-hybridized carbons (Fsp3) is 0.100. The highest BCUT2D eigenvalue weighted by Crippen LogP contribution is 2.32. The third-order valence-corrected chi connectivity index (χ3v) is 5.32. The normalized spacial score (nSPS) is 11.8. The van der Waals surface area contributed by atoms with E-state index >= 15 is 0 Å². The Morgan fingerprint density at radius 2 is 1.86 bits per heavy atom. The molecule has 0 bridgehead atoms. The molecule has 3 aromatic rings. The van der Waals surface area contributed by atoms with Crippen molar-refractivity contribution in [1.82, 2.24) is 4.98 Å². The standard InChI is InChI=1S/C20H13Cl2F3N2OS/c21-15-5-1-12(2-6-15)9-16-11-26-19(29-16)27-18(28)8-3-13-10-14(20(23,24)25)4-7-17(13)22/h1-8,10-11H,9H2,(H,26,27,28)/b8-3+. The van der Waals surface area contributed by atoms with E-state index in [-0.39, 0.29) is 10.6 Å². The van der Waals surface area contributed by atoms with Crippen molar-refractivity contribution in [3.63, 3.8) is 0 Å². The lowest BCUT2D eigenvalue weighted by Gasteiger charge is -2.08. The number of thiazole rings is 1. The minimum atomic E-state index is -4.49. The lowest BCUT2D eigenvalue weighted by Crippen LogP contribution is -2.07. The fourth-order valence-corrected chi connectivity index (χ4v) is 3.57. The van der Waals surface area contributed by atoms with E-state index in [1.165, 1.54) is 17.4 Å². The zero-order valence-electron chi connectivity index (χ0n) is 14.6. The average Bonchev–Trinajstić information content (AvgIpc) is 3.08. The third-order valence-electron chi connectivity index (χ3n) is 3.81. The SMILES string of the molecule is O=C(/C=C/c1cc(C(F)(F)F)ccc1Cl)Nc1ncc(Cc2ccc(Cl)cc2)s1. The summed E-state index contributed by atoms with van der Waals surface area (Å²) in [4.78, 5) is 17.2. The molecule has 0 aliphatic carbocycles. The number of hydrogen-bond donors (Lipinski definition) is 1. The number of anilines is 1. The van der Waals surface area contributed by atoms with Gasteiger partial charge in [0.15, 0.2) is 5.13 Å². The lowest BCUT2D eigenvalue weighted by atomic mass is 10.1. The van der Waals surface area contributed by atoms with E-state index in [0.29, 0.717) is 16.6 Å². The summed E-state index contributed by atoms with van der Waals surface area (Å²) in [5.41, 5.74) is 0.308. The highest BCUT2D eigenvalue weighted by Gasteiger charge is 2.30. The molecule has 1 heterocycles. The van der Waals surface area contributed by atoms with Crippen LogP contribution in [0.25, 0.3) is 6.08 Å². The van der Waals surface area contributed by atoms with E-state index in [1.54, 1.807) is 18.3 Å². The quantitative estimate of drug-likeness (QED) is 0.433. The Hall–Kier alpha value is -2.35. The zero-order valence-corrected chi connectivity index (χ0v) is 17.0. The highest BCUT2D eigenvalue weighted by atomic mass is 35.5. The Morgan fingerprint density at radius 1 is 1.14 bits per heavy atom. The molecule has 2 aromatic carbocycles. The van der Waals surface area contributed by atoms with Crippen LogP contribution in [-0.2, 0) is 17.4 Å². The molecule has 0 aliphatic rings.